The zero-order chi connectivity index (χ0) is 17.4. The van der Waals surface area contributed by atoms with Gasteiger partial charge in [0.1, 0.15) is 17.4 Å². The molecule has 8 nitrogen and oxygen atoms in total. The number of carbonyl (C=O) groups is 2. The van der Waals surface area contributed by atoms with E-state index >= 15 is 0 Å². The number of carbonyl (C=O) groups excluding carboxylic acids is 2. The topological polar surface area (TPSA) is 93.3 Å². The molecular formula is C17H21N5O3. The molecule has 2 aliphatic rings. The Bertz CT molecular complexity index is 782. The summed E-state index contributed by atoms with van der Waals surface area (Å²) in [6.45, 7) is 3.47. The first-order chi connectivity index (χ1) is 12.1. The quantitative estimate of drug-likeness (QED) is 0.880. The molecule has 0 radical (unpaired) electrons. The van der Waals surface area contributed by atoms with Crippen molar-refractivity contribution < 1.29 is 14.0 Å². The molecule has 8 heteroatoms. The second kappa shape index (κ2) is 6.34. The van der Waals surface area contributed by atoms with E-state index in [9.17, 15) is 9.59 Å². The predicted molar refractivity (Wildman–Crippen MR) is 87.2 cm³/mol. The smallest absolute Gasteiger partial charge is 0.225 e. The van der Waals surface area contributed by atoms with E-state index in [0.29, 0.717) is 19.6 Å². The van der Waals surface area contributed by atoms with E-state index in [1.54, 1.807) is 17.2 Å². The van der Waals surface area contributed by atoms with Gasteiger partial charge in [-0.25, -0.2) is 0 Å². The monoisotopic (exact) mass is 343 g/mol. The van der Waals surface area contributed by atoms with Crippen molar-refractivity contribution in [3.63, 3.8) is 0 Å². The molecule has 0 saturated carbocycles. The van der Waals surface area contributed by atoms with Gasteiger partial charge in [0, 0.05) is 32.0 Å². The number of rotatable bonds is 4. The van der Waals surface area contributed by atoms with Gasteiger partial charge in [0.25, 0.3) is 0 Å². The molecule has 0 unspecified atom stereocenters. The Morgan fingerprint density at radius 1 is 1.40 bits per heavy atom. The van der Waals surface area contributed by atoms with Crippen LogP contribution in [0.4, 0.5) is 0 Å². The number of furan rings is 1. The maximum Gasteiger partial charge on any atom is 0.225 e. The summed E-state index contributed by atoms with van der Waals surface area (Å²) in [7, 11) is 0. The van der Waals surface area contributed by atoms with Gasteiger partial charge in [0.2, 0.25) is 11.8 Å². The third-order valence-electron chi connectivity index (χ3n) is 4.99. The van der Waals surface area contributed by atoms with Gasteiger partial charge >= 0.3 is 0 Å². The zero-order valence-electron chi connectivity index (χ0n) is 14.1. The van der Waals surface area contributed by atoms with E-state index in [1.165, 1.54) is 0 Å². The fourth-order valence-electron chi connectivity index (χ4n) is 3.59. The summed E-state index contributed by atoms with van der Waals surface area (Å²) in [6.07, 6.45) is 3.50. The molecule has 25 heavy (non-hydrogen) atoms. The standard InChI is InChI=1S/C17H21N5O3/c1-11-19-20-15-5-4-13(9-22(11)15)18-17(24)12-7-16(23)21(8-12)10-14-3-2-6-25-14/h2-3,6,12-13H,4-5,7-10H2,1H3,(H,18,24)/t12-,13-/m1/s1. The third kappa shape index (κ3) is 3.16. The number of nitrogens with one attached hydrogen (secondary N) is 1. The third-order valence-corrected chi connectivity index (χ3v) is 4.99. The molecule has 2 aromatic heterocycles. The lowest BCUT2D eigenvalue weighted by Gasteiger charge is -2.26. The van der Waals surface area contributed by atoms with Crippen molar-refractivity contribution in [2.45, 2.75) is 45.3 Å². The first kappa shape index (κ1) is 15.9. The van der Waals surface area contributed by atoms with E-state index in [-0.39, 0.29) is 30.2 Å². The van der Waals surface area contributed by atoms with Gasteiger partial charge in [-0.15, -0.1) is 10.2 Å². The number of nitrogens with zero attached hydrogens (tertiary/aromatic N) is 4. The highest BCUT2D eigenvalue weighted by Crippen LogP contribution is 2.22. The summed E-state index contributed by atoms with van der Waals surface area (Å²) in [5, 5.41) is 11.3. The number of aryl methyl sites for hydroxylation is 2. The van der Waals surface area contributed by atoms with Crippen LogP contribution in [0, 0.1) is 12.8 Å². The molecule has 1 saturated heterocycles. The Kier molecular flexibility index (Phi) is 4.03. The van der Waals surface area contributed by atoms with Crippen molar-refractivity contribution in [1.82, 2.24) is 25.0 Å². The van der Waals surface area contributed by atoms with Crippen molar-refractivity contribution in [2.75, 3.05) is 6.54 Å². The minimum Gasteiger partial charge on any atom is -0.467 e. The zero-order valence-corrected chi connectivity index (χ0v) is 14.1. The molecule has 0 bridgehead atoms. The summed E-state index contributed by atoms with van der Waals surface area (Å²) >= 11 is 0. The van der Waals surface area contributed by atoms with Crippen LogP contribution in [0.25, 0.3) is 0 Å². The largest absolute Gasteiger partial charge is 0.467 e. The van der Waals surface area contributed by atoms with Gasteiger partial charge in [-0.05, 0) is 25.5 Å². The van der Waals surface area contributed by atoms with Gasteiger partial charge in [0.15, 0.2) is 0 Å². The maximum atomic E-state index is 12.6. The molecule has 0 spiro atoms. The SMILES string of the molecule is Cc1nnc2n1C[C@H](NC(=O)[C@@H]1CC(=O)N(Cc3ccco3)C1)CC2. The molecule has 1 N–H and O–H groups in total. The Morgan fingerprint density at radius 2 is 2.28 bits per heavy atom. The first-order valence-corrected chi connectivity index (χ1v) is 8.59. The van der Waals surface area contributed by atoms with Crippen LogP contribution in [0.3, 0.4) is 0 Å². The highest BCUT2D eigenvalue weighted by molar-refractivity contribution is 5.89. The van der Waals surface area contributed by atoms with Crippen LogP contribution in [0.15, 0.2) is 22.8 Å². The molecule has 2 atom stereocenters. The fraction of sp³-hybridized carbons (Fsp3) is 0.529. The van der Waals surface area contributed by atoms with Gasteiger partial charge in [-0.2, -0.15) is 0 Å². The van der Waals surface area contributed by atoms with E-state index in [0.717, 1.165) is 30.3 Å². The summed E-state index contributed by atoms with van der Waals surface area (Å²) < 4.78 is 7.34. The van der Waals surface area contributed by atoms with Crippen molar-refractivity contribution in [1.29, 1.82) is 0 Å². The molecule has 1 fully saturated rings. The summed E-state index contributed by atoms with van der Waals surface area (Å²) in [5.41, 5.74) is 0. The Morgan fingerprint density at radius 3 is 3.08 bits per heavy atom. The molecule has 0 aromatic carbocycles. The highest BCUT2D eigenvalue weighted by atomic mass is 16.3. The van der Waals surface area contributed by atoms with Crippen molar-refractivity contribution in [3.8, 4) is 0 Å². The number of hydrogen-bond acceptors (Lipinski definition) is 5. The minimum atomic E-state index is -0.300. The van der Waals surface area contributed by atoms with E-state index in [4.69, 9.17) is 4.42 Å². The lowest BCUT2D eigenvalue weighted by Crippen LogP contribution is -2.44. The predicted octanol–water partition coefficient (Wildman–Crippen LogP) is 0.659. The van der Waals surface area contributed by atoms with Crippen LogP contribution < -0.4 is 5.32 Å². The Hall–Kier alpha value is -2.64. The molecule has 2 aromatic rings. The molecule has 4 rings (SSSR count). The maximum absolute atomic E-state index is 12.6. The lowest BCUT2D eigenvalue weighted by molar-refractivity contribution is -0.129. The van der Waals surface area contributed by atoms with Gasteiger partial charge in [-0.1, -0.05) is 0 Å². The second-order valence-corrected chi connectivity index (χ2v) is 6.77. The summed E-state index contributed by atoms with van der Waals surface area (Å²) in [6, 6.07) is 3.69. The van der Waals surface area contributed by atoms with E-state index in [1.807, 2.05) is 13.0 Å². The van der Waals surface area contributed by atoms with Crippen molar-refractivity contribution >= 4 is 11.8 Å². The second-order valence-electron chi connectivity index (χ2n) is 6.77. The Balaban J connectivity index is 1.34. The number of aromatic nitrogens is 3. The van der Waals surface area contributed by atoms with Crippen LogP contribution in [0.2, 0.25) is 0 Å². The molecular weight excluding hydrogens is 322 g/mol. The van der Waals surface area contributed by atoms with Crippen LogP contribution >= 0.6 is 0 Å². The highest BCUT2D eigenvalue weighted by Gasteiger charge is 2.35. The van der Waals surface area contributed by atoms with E-state index < -0.39 is 0 Å². The van der Waals surface area contributed by atoms with Crippen LogP contribution in [-0.2, 0) is 29.1 Å². The molecule has 2 amide bonds. The van der Waals surface area contributed by atoms with Crippen molar-refractivity contribution in [2.24, 2.45) is 5.92 Å². The Labute approximate surface area is 145 Å². The number of amides is 2. The van der Waals surface area contributed by atoms with Crippen LogP contribution in [-0.4, -0.2) is 44.1 Å². The van der Waals surface area contributed by atoms with E-state index in [2.05, 4.69) is 20.1 Å². The molecule has 132 valence electrons. The minimum absolute atomic E-state index is 0.00265. The molecule has 4 heterocycles. The van der Waals surface area contributed by atoms with Crippen molar-refractivity contribution in [3.05, 3.63) is 35.8 Å². The average Bonchev–Trinajstić information content (AvgIpc) is 3.31. The van der Waals surface area contributed by atoms with Crippen LogP contribution in [0.1, 0.15) is 30.3 Å². The number of likely N-dealkylation sites (tertiary alicyclic amines) is 1. The lowest BCUT2D eigenvalue weighted by atomic mass is 10.0. The fourth-order valence-corrected chi connectivity index (χ4v) is 3.59. The van der Waals surface area contributed by atoms with Gasteiger partial charge < -0.3 is 19.2 Å². The molecule has 2 aliphatic heterocycles. The van der Waals surface area contributed by atoms with Gasteiger partial charge in [-0.3, -0.25) is 9.59 Å². The summed E-state index contributed by atoms with van der Waals surface area (Å²) in [5.74, 6) is 2.23. The normalized spacial score (nSPS) is 22.9. The van der Waals surface area contributed by atoms with Gasteiger partial charge in [0.05, 0.1) is 18.7 Å². The number of fused-ring (bicyclic) bond motifs is 1. The van der Waals surface area contributed by atoms with Crippen LogP contribution in [0.5, 0.6) is 0 Å². The molecule has 0 aliphatic carbocycles. The summed E-state index contributed by atoms with van der Waals surface area (Å²) in [4.78, 5) is 26.4. The average molecular weight is 343 g/mol. The first-order valence-electron chi connectivity index (χ1n) is 8.59. The number of hydrogen-bond donors (Lipinski definition) is 1.